The lowest BCUT2D eigenvalue weighted by molar-refractivity contribution is 0.520. The molecule has 0 atom stereocenters. The van der Waals surface area contributed by atoms with E-state index in [0.717, 1.165) is 26.5 Å². The van der Waals surface area contributed by atoms with Gasteiger partial charge in [0.25, 0.3) is 0 Å². The van der Waals surface area contributed by atoms with Gasteiger partial charge in [0.05, 0.1) is 6.54 Å². The van der Waals surface area contributed by atoms with Crippen molar-refractivity contribution >= 4 is 57.3 Å². The molecule has 170 valence electrons. The molecule has 0 aliphatic rings. The van der Waals surface area contributed by atoms with E-state index in [4.69, 9.17) is 17.3 Å². The zero-order valence-electron chi connectivity index (χ0n) is 17.2. The maximum absolute atomic E-state index is 14.2. The fraction of sp³-hybridized carbons (Fsp3) is 0.250. The van der Waals surface area contributed by atoms with Crippen molar-refractivity contribution in [1.82, 2.24) is 13.9 Å². The first kappa shape index (κ1) is 27.4. The number of fused-ring (bicyclic) bond motifs is 1. The molecule has 2 N–H and O–H groups in total. The number of pyridine rings is 1. The standard InChI is InChI=1S/C20H22ClFN4O2S.2ClH/c1-13-20(14-8-17(11-24-10-14)29(27,28)25(2)3)18-9-15(21)4-5-19(18)26(13)12-16(22)6-7-23;;/h4-6,8-11H,7,12,23H2,1-3H3;2*1H/b16-6-;;. The van der Waals surface area contributed by atoms with Crippen LogP contribution in [0.25, 0.3) is 22.0 Å². The Kier molecular flexibility index (Phi) is 9.50. The van der Waals surface area contributed by atoms with E-state index in [2.05, 4.69) is 4.98 Å². The Morgan fingerprint density at radius 2 is 1.94 bits per heavy atom. The zero-order valence-corrected chi connectivity index (χ0v) is 20.4. The molecule has 3 aromatic rings. The minimum absolute atomic E-state index is 0. The number of rotatable bonds is 6. The van der Waals surface area contributed by atoms with E-state index in [-0.39, 0.29) is 48.6 Å². The molecule has 0 radical (unpaired) electrons. The predicted molar refractivity (Wildman–Crippen MR) is 129 cm³/mol. The number of hydrogen-bond acceptors (Lipinski definition) is 4. The van der Waals surface area contributed by atoms with Gasteiger partial charge in [-0.15, -0.1) is 24.8 Å². The van der Waals surface area contributed by atoms with Gasteiger partial charge in [0.2, 0.25) is 10.0 Å². The summed E-state index contributed by atoms with van der Waals surface area (Å²) in [6.07, 6.45) is 4.23. The Bertz CT molecular complexity index is 1210. The molecule has 0 saturated heterocycles. The van der Waals surface area contributed by atoms with Crippen LogP contribution in [0.2, 0.25) is 5.02 Å². The van der Waals surface area contributed by atoms with E-state index < -0.39 is 10.0 Å². The Balaban J connectivity index is 0.00000240. The Morgan fingerprint density at radius 3 is 2.55 bits per heavy atom. The minimum Gasteiger partial charge on any atom is -0.337 e. The van der Waals surface area contributed by atoms with Crippen LogP contribution in [0, 0.1) is 6.92 Å². The van der Waals surface area contributed by atoms with E-state index in [9.17, 15) is 12.8 Å². The van der Waals surface area contributed by atoms with Gasteiger partial charge in [0, 0.05) is 65.8 Å². The second-order valence-electron chi connectivity index (χ2n) is 6.79. The first-order valence-electron chi connectivity index (χ1n) is 8.87. The Hall–Kier alpha value is -1.68. The fourth-order valence-corrected chi connectivity index (χ4v) is 4.34. The molecule has 11 heteroatoms. The van der Waals surface area contributed by atoms with Crippen LogP contribution in [0.3, 0.4) is 0 Å². The molecule has 0 aliphatic carbocycles. The molecule has 0 saturated carbocycles. The third-order valence-electron chi connectivity index (χ3n) is 4.71. The molecule has 2 aromatic heterocycles. The molecule has 2 heterocycles. The maximum atomic E-state index is 14.2. The van der Waals surface area contributed by atoms with Crippen LogP contribution in [0.5, 0.6) is 0 Å². The molecule has 3 rings (SSSR count). The third kappa shape index (κ3) is 5.39. The summed E-state index contributed by atoms with van der Waals surface area (Å²) >= 11 is 6.21. The van der Waals surface area contributed by atoms with Gasteiger partial charge in [-0.25, -0.2) is 17.1 Å². The summed E-state index contributed by atoms with van der Waals surface area (Å²) in [7, 11) is -0.719. The third-order valence-corrected chi connectivity index (χ3v) is 6.73. The van der Waals surface area contributed by atoms with Crippen LogP contribution >= 0.6 is 36.4 Å². The summed E-state index contributed by atoms with van der Waals surface area (Å²) in [6.45, 7) is 1.98. The summed E-state index contributed by atoms with van der Waals surface area (Å²) in [5.74, 6) is -0.351. The van der Waals surface area contributed by atoms with Gasteiger partial charge in [-0.2, -0.15) is 0 Å². The van der Waals surface area contributed by atoms with E-state index >= 15 is 0 Å². The molecular formula is C20H24Cl3FN4O2S. The molecule has 0 fully saturated rings. The van der Waals surface area contributed by atoms with E-state index in [1.165, 1.54) is 26.4 Å². The van der Waals surface area contributed by atoms with Crippen molar-refractivity contribution in [2.75, 3.05) is 20.6 Å². The summed E-state index contributed by atoms with van der Waals surface area (Å²) in [5, 5.41) is 1.32. The van der Waals surface area contributed by atoms with Crippen molar-refractivity contribution in [3.05, 3.63) is 59.3 Å². The lowest BCUT2D eigenvalue weighted by Crippen LogP contribution is -2.22. The first-order valence-corrected chi connectivity index (χ1v) is 10.7. The van der Waals surface area contributed by atoms with E-state index in [1.807, 2.05) is 17.6 Å². The smallest absolute Gasteiger partial charge is 0.244 e. The monoisotopic (exact) mass is 508 g/mol. The second-order valence-corrected chi connectivity index (χ2v) is 9.38. The van der Waals surface area contributed by atoms with Gasteiger partial charge in [-0.3, -0.25) is 4.98 Å². The second kappa shape index (κ2) is 10.8. The molecule has 6 nitrogen and oxygen atoms in total. The van der Waals surface area contributed by atoms with E-state index in [0.29, 0.717) is 10.6 Å². The highest BCUT2D eigenvalue weighted by atomic mass is 35.5. The number of nitrogens with two attached hydrogens (primary N) is 1. The Morgan fingerprint density at radius 1 is 1.26 bits per heavy atom. The highest BCUT2D eigenvalue weighted by Crippen LogP contribution is 2.37. The summed E-state index contributed by atoms with van der Waals surface area (Å²) < 4.78 is 42.2. The number of nitrogens with zero attached hydrogens (tertiary/aromatic N) is 3. The average Bonchev–Trinajstić information content (AvgIpc) is 2.92. The van der Waals surface area contributed by atoms with Gasteiger partial charge in [0.15, 0.2) is 0 Å². The molecule has 0 spiro atoms. The first-order chi connectivity index (χ1) is 13.7. The number of allylic oxidation sites excluding steroid dienone is 1. The normalized spacial score (nSPS) is 12.0. The molecule has 0 unspecified atom stereocenters. The van der Waals surface area contributed by atoms with Crippen molar-refractivity contribution < 1.29 is 12.8 Å². The molecular weight excluding hydrogens is 486 g/mol. The summed E-state index contributed by atoms with van der Waals surface area (Å²) in [6, 6.07) is 6.91. The van der Waals surface area contributed by atoms with Gasteiger partial charge < -0.3 is 10.3 Å². The average molecular weight is 510 g/mol. The van der Waals surface area contributed by atoms with Gasteiger partial charge in [-0.05, 0) is 37.3 Å². The number of sulfonamides is 1. The van der Waals surface area contributed by atoms with Crippen LogP contribution in [0.4, 0.5) is 4.39 Å². The molecule has 31 heavy (non-hydrogen) atoms. The Labute approximate surface area is 198 Å². The van der Waals surface area contributed by atoms with Crippen molar-refractivity contribution in [2.24, 2.45) is 5.73 Å². The number of halogens is 4. The molecule has 1 aromatic carbocycles. The lowest BCUT2D eigenvalue weighted by Gasteiger charge is -2.12. The largest absolute Gasteiger partial charge is 0.337 e. The quantitative estimate of drug-likeness (QED) is 0.528. The van der Waals surface area contributed by atoms with Crippen LogP contribution in [-0.4, -0.2) is 42.9 Å². The van der Waals surface area contributed by atoms with E-state index in [1.54, 1.807) is 24.4 Å². The van der Waals surface area contributed by atoms with Crippen molar-refractivity contribution in [2.45, 2.75) is 18.4 Å². The lowest BCUT2D eigenvalue weighted by atomic mass is 10.0. The van der Waals surface area contributed by atoms with Gasteiger partial charge >= 0.3 is 0 Å². The highest BCUT2D eigenvalue weighted by Gasteiger charge is 2.21. The van der Waals surface area contributed by atoms with Crippen LogP contribution < -0.4 is 5.73 Å². The van der Waals surface area contributed by atoms with Crippen LogP contribution in [-0.2, 0) is 16.6 Å². The van der Waals surface area contributed by atoms with Crippen molar-refractivity contribution in [1.29, 1.82) is 0 Å². The number of hydrogen-bond donors (Lipinski definition) is 1. The number of aromatic nitrogens is 2. The SMILES string of the molecule is Cc1c(-c2cncc(S(=O)(=O)N(C)C)c2)c2cc(Cl)ccc2n1C/C(F)=C/CN.Cl.Cl. The van der Waals surface area contributed by atoms with Crippen LogP contribution in [0.1, 0.15) is 5.69 Å². The molecule has 0 bridgehead atoms. The van der Waals surface area contributed by atoms with Crippen LogP contribution in [0.15, 0.2) is 53.5 Å². The topological polar surface area (TPSA) is 81.2 Å². The molecule has 0 aliphatic heterocycles. The predicted octanol–water partition coefficient (Wildman–Crippen LogP) is 4.57. The zero-order chi connectivity index (χ0) is 21.3. The molecule has 0 amide bonds. The number of benzene rings is 1. The van der Waals surface area contributed by atoms with Gasteiger partial charge in [-0.1, -0.05) is 11.6 Å². The summed E-state index contributed by atoms with van der Waals surface area (Å²) in [4.78, 5) is 4.21. The van der Waals surface area contributed by atoms with Crippen molar-refractivity contribution in [3.63, 3.8) is 0 Å². The summed E-state index contributed by atoms with van der Waals surface area (Å²) in [5.41, 5.74) is 8.33. The highest BCUT2D eigenvalue weighted by molar-refractivity contribution is 7.89. The van der Waals surface area contributed by atoms with Gasteiger partial charge in [0.1, 0.15) is 10.7 Å². The van der Waals surface area contributed by atoms with Crippen molar-refractivity contribution in [3.8, 4) is 11.1 Å². The maximum Gasteiger partial charge on any atom is 0.244 e. The minimum atomic E-state index is -3.65. The fourth-order valence-electron chi connectivity index (χ4n) is 3.27.